The maximum absolute atomic E-state index is 11.0. The number of ketones is 1. The van der Waals surface area contributed by atoms with Crippen LogP contribution in [0.2, 0.25) is 0 Å². The van der Waals surface area contributed by atoms with Crippen molar-refractivity contribution >= 4 is 24.2 Å². The van der Waals surface area contributed by atoms with Gasteiger partial charge in [0.15, 0.2) is 0 Å². The number of carbonyl (C=O) groups is 2. The highest BCUT2D eigenvalue weighted by Crippen LogP contribution is 2.09. The molecule has 0 aromatic heterocycles. The number of nitrogens with one attached hydrogen (secondary N) is 1. The zero-order chi connectivity index (χ0) is 8.27. The molecule has 0 spiro atoms. The van der Waals surface area contributed by atoms with Gasteiger partial charge < -0.3 is 10.4 Å². The van der Waals surface area contributed by atoms with Gasteiger partial charge in [-0.15, -0.1) is 12.4 Å². The molecule has 70 valence electrons. The summed E-state index contributed by atoms with van der Waals surface area (Å²) in [7, 11) is 0. The Morgan fingerprint density at radius 3 is 2.75 bits per heavy atom. The van der Waals surface area contributed by atoms with Crippen molar-refractivity contribution in [2.45, 2.75) is 12.8 Å². The molecule has 12 heavy (non-hydrogen) atoms. The molecule has 0 radical (unpaired) electrons. The van der Waals surface area contributed by atoms with Gasteiger partial charge in [-0.1, -0.05) is 0 Å². The summed E-state index contributed by atoms with van der Waals surface area (Å²) >= 11 is 0. The molecule has 0 aliphatic carbocycles. The number of Topliss-reactive ketones (excluding diaryl/α,β-unsaturated/α-hetero) is 1. The molecule has 1 unspecified atom stereocenters. The van der Waals surface area contributed by atoms with Gasteiger partial charge >= 0.3 is 5.97 Å². The van der Waals surface area contributed by atoms with Crippen LogP contribution in [0.4, 0.5) is 0 Å². The Bertz CT molecular complexity index is 183. The quantitative estimate of drug-likeness (QED) is 0.578. The van der Waals surface area contributed by atoms with Gasteiger partial charge in [0.2, 0.25) is 0 Å². The van der Waals surface area contributed by atoms with Gasteiger partial charge in [-0.25, -0.2) is 0 Å². The fraction of sp³-hybridized carbons (Fsp3) is 0.714. The van der Waals surface area contributed by atoms with Crippen molar-refractivity contribution in [3.05, 3.63) is 0 Å². The third-order valence-electron chi connectivity index (χ3n) is 1.84. The molecule has 1 rings (SSSR count). The van der Waals surface area contributed by atoms with Gasteiger partial charge in [0, 0.05) is 13.0 Å². The molecule has 1 atom stereocenters. The molecule has 4 nitrogen and oxygen atoms in total. The monoisotopic (exact) mass is 193 g/mol. The summed E-state index contributed by atoms with van der Waals surface area (Å²) < 4.78 is 0. The second kappa shape index (κ2) is 5.11. The van der Waals surface area contributed by atoms with Crippen molar-refractivity contribution in [1.29, 1.82) is 0 Å². The average molecular weight is 194 g/mol. The van der Waals surface area contributed by atoms with E-state index in [9.17, 15) is 9.59 Å². The lowest BCUT2D eigenvalue weighted by molar-refractivity contribution is -0.146. The molecule has 1 heterocycles. The summed E-state index contributed by atoms with van der Waals surface area (Å²) in [5, 5.41) is 11.6. The first-order valence-electron chi connectivity index (χ1n) is 3.68. The summed E-state index contributed by atoms with van der Waals surface area (Å²) in [5.74, 6) is -1.91. The first-order valence-corrected chi connectivity index (χ1v) is 3.68. The molecule has 1 fully saturated rings. The van der Waals surface area contributed by atoms with Gasteiger partial charge in [-0.2, -0.15) is 0 Å². The molecular weight excluding hydrogens is 182 g/mol. The largest absolute Gasteiger partial charge is 0.481 e. The van der Waals surface area contributed by atoms with E-state index < -0.39 is 11.9 Å². The molecular formula is C7H12ClNO3. The molecule has 0 amide bonds. The predicted molar refractivity (Wildman–Crippen MR) is 45.5 cm³/mol. The molecule has 0 saturated carbocycles. The second-order valence-electron chi connectivity index (χ2n) is 2.65. The first kappa shape index (κ1) is 11.4. The minimum atomic E-state index is -0.987. The minimum Gasteiger partial charge on any atom is -0.481 e. The van der Waals surface area contributed by atoms with E-state index in [-0.39, 0.29) is 18.2 Å². The number of hydrogen-bond acceptors (Lipinski definition) is 3. The Balaban J connectivity index is 0.00000121. The molecule has 1 saturated heterocycles. The summed E-state index contributed by atoms with van der Waals surface area (Å²) in [6.07, 6.45) is 0.769. The van der Waals surface area contributed by atoms with Gasteiger partial charge in [0.25, 0.3) is 0 Å². The van der Waals surface area contributed by atoms with Gasteiger partial charge in [-0.05, 0) is 13.0 Å². The highest BCUT2D eigenvalue weighted by molar-refractivity contribution is 5.98. The van der Waals surface area contributed by atoms with Crippen LogP contribution in [0.5, 0.6) is 0 Å². The van der Waals surface area contributed by atoms with E-state index >= 15 is 0 Å². The molecule has 1 aliphatic rings. The van der Waals surface area contributed by atoms with Crippen molar-refractivity contribution < 1.29 is 14.7 Å². The van der Waals surface area contributed by atoms with Crippen molar-refractivity contribution in [3.63, 3.8) is 0 Å². The van der Waals surface area contributed by atoms with Gasteiger partial charge in [0.05, 0.1) is 0 Å². The SMILES string of the molecule is Cl.O=C(O)C1CCNCCC1=O. The highest BCUT2D eigenvalue weighted by atomic mass is 35.5. The number of carboxylic acids is 1. The molecule has 0 aromatic carbocycles. The Labute approximate surface area is 76.7 Å². The fourth-order valence-electron chi connectivity index (χ4n) is 1.18. The molecule has 0 bridgehead atoms. The lowest BCUT2D eigenvalue weighted by Gasteiger charge is -2.04. The second-order valence-corrected chi connectivity index (χ2v) is 2.65. The van der Waals surface area contributed by atoms with E-state index in [0.29, 0.717) is 25.9 Å². The summed E-state index contributed by atoms with van der Waals surface area (Å²) in [6.45, 7) is 1.24. The Kier molecular flexibility index (Phi) is 4.85. The zero-order valence-corrected chi connectivity index (χ0v) is 7.39. The molecule has 1 aliphatic heterocycles. The van der Waals surface area contributed by atoms with Crippen LogP contribution in [0.3, 0.4) is 0 Å². The predicted octanol–water partition coefficient (Wildman–Crippen LogP) is 0.0615. The topological polar surface area (TPSA) is 66.4 Å². The van der Waals surface area contributed by atoms with E-state index in [1.165, 1.54) is 0 Å². The number of carbonyl (C=O) groups excluding carboxylic acids is 1. The average Bonchev–Trinajstić information content (AvgIpc) is 2.13. The van der Waals surface area contributed by atoms with E-state index in [1.54, 1.807) is 0 Å². The van der Waals surface area contributed by atoms with Crippen LogP contribution < -0.4 is 5.32 Å². The van der Waals surface area contributed by atoms with Crippen LogP contribution in [0, 0.1) is 5.92 Å². The maximum atomic E-state index is 11.0. The van der Waals surface area contributed by atoms with Crippen LogP contribution in [-0.2, 0) is 9.59 Å². The molecule has 5 heteroatoms. The van der Waals surface area contributed by atoms with Crippen LogP contribution >= 0.6 is 12.4 Å². The summed E-state index contributed by atoms with van der Waals surface area (Å²) in [4.78, 5) is 21.5. The van der Waals surface area contributed by atoms with Crippen LogP contribution in [0.25, 0.3) is 0 Å². The Hall–Kier alpha value is -0.610. The van der Waals surface area contributed by atoms with Gasteiger partial charge in [0.1, 0.15) is 11.7 Å². The normalized spacial score (nSPS) is 24.0. The van der Waals surface area contributed by atoms with Crippen LogP contribution in [0.1, 0.15) is 12.8 Å². The number of hydrogen-bond donors (Lipinski definition) is 2. The molecule has 2 N–H and O–H groups in total. The van der Waals surface area contributed by atoms with E-state index in [1.807, 2.05) is 0 Å². The third kappa shape index (κ3) is 2.79. The third-order valence-corrected chi connectivity index (χ3v) is 1.84. The Morgan fingerprint density at radius 1 is 1.50 bits per heavy atom. The highest BCUT2D eigenvalue weighted by Gasteiger charge is 2.26. The van der Waals surface area contributed by atoms with Gasteiger partial charge in [-0.3, -0.25) is 9.59 Å². The van der Waals surface area contributed by atoms with Crippen molar-refractivity contribution in [2.75, 3.05) is 13.1 Å². The van der Waals surface area contributed by atoms with E-state index in [4.69, 9.17) is 5.11 Å². The van der Waals surface area contributed by atoms with Crippen LogP contribution in [-0.4, -0.2) is 29.9 Å². The standard InChI is InChI=1S/C7H11NO3.ClH/c9-6-2-4-8-3-1-5(6)7(10)11;/h5,8H,1-4H2,(H,10,11);1H. The number of rotatable bonds is 1. The lowest BCUT2D eigenvalue weighted by Crippen LogP contribution is -2.23. The fourth-order valence-corrected chi connectivity index (χ4v) is 1.18. The van der Waals surface area contributed by atoms with E-state index in [0.717, 1.165) is 0 Å². The smallest absolute Gasteiger partial charge is 0.314 e. The maximum Gasteiger partial charge on any atom is 0.314 e. The number of carboxylic acid groups (broad SMARTS) is 1. The van der Waals surface area contributed by atoms with E-state index in [2.05, 4.69) is 5.32 Å². The molecule has 0 aromatic rings. The lowest BCUT2D eigenvalue weighted by atomic mass is 10.00. The van der Waals surface area contributed by atoms with Crippen molar-refractivity contribution in [1.82, 2.24) is 5.32 Å². The number of aliphatic carboxylic acids is 1. The number of halogens is 1. The minimum absolute atomic E-state index is 0. The summed E-state index contributed by atoms with van der Waals surface area (Å²) in [5.41, 5.74) is 0. The van der Waals surface area contributed by atoms with Crippen LogP contribution in [0.15, 0.2) is 0 Å². The zero-order valence-electron chi connectivity index (χ0n) is 6.58. The summed E-state index contributed by atoms with van der Waals surface area (Å²) in [6, 6.07) is 0. The van der Waals surface area contributed by atoms with Crippen molar-refractivity contribution in [2.24, 2.45) is 5.92 Å². The first-order chi connectivity index (χ1) is 5.22. The Morgan fingerprint density at radius 2 is 2.17 bits per heavy atom. The van der Waals surface area contributed by atoms with Crippen molar-refractivity contribution in [3.8, 4) is 0 Å².